The average Bonchev–Trinajstić information content (AvgIpc) is 2.50. The number of hydrogen-bond donors (Lipinski definition) is 1. The van der Waals surface area contributed by atoms with Crippen molar-refractivity contribution in [1.29, 1.82) is 0 Å². The lowest BCUT2D eigenvalue weighted by Crippen LogP contribution is -2.44. The number of urea groups is 1. The topological polar surface area (TPSA) is 60.9 Å². The van der Waals surface area contributed by atoms with E-state index in [1.165, 1.54) is 0 Å². The summed E-state index contributed by atoms with van der Waals surface area (Å²) in [5.41, 5.74) is 2.35. The third kappa shape index (κ3) is 3.69. The molecule has 6 heteroatoms. The van der Waals surface area contributed by atoms with Crippen molar-refractivity contribution in [1.82, 2.24) is 9.80 Å². The molecule has 5 nitrogen and oxygen atoms in total. The second-order valence-corrected chi connectivity index (χ2v) is 6.14. The van der Waals surface area contributed by atoms with Gasteiger partial charge in [-0.2, -0.15) is 11.8 Å². The highest BCUT2D eigenvalue weighted by molar-refractivity contribution is 7.98. The Morgan fingerprint density at radius 1 is 1.38 bits per heavy atom. The number of benzene rings is 1. The Bertz CT molecular complexity index is 548. The Hall–Kier alpha value is -1.69. The van der Waals surface area contributed by atoms with Gasteiger partial charge in [0.05, 0.1) is 5.56 Å². The smallest absolute Gasteiger partial charge is 0.335 e. The molecule has 1 heterocycles. The van der Waals surface area contributed by atoms with Crippen LogP contribution in [-0.4, -0.2) is 59.1 Å². The summed E-state index contributed by atoms with van der Waals surface area (Å²) in [6, 6.07) is 5.18. The van der Waals surface area contributed by atoms with E-state index in [9.17, 15) is 9.59 Å². The molecule has 0 unspecified atom stereocenters. The molecule has 0 aliphatic carbocycles. The third-order valence-electron chi connectivity index (χ3n) is 3.69. The van der Waals surface area contributed by atoms with E-state index in [1.807, 2.05) is 19.4 Å². The molecule has 1 aromatic carbocycles. The lowest BCUT2D eigenvalue weighted by atomic mass is 9.97. The minimum absolute atomic E-state index is 0.00966. The van der Waals surface area contributed by atoms with E-state index in [2.05, 4.69) is 0 Å². The summed E-state index contributed by atoms with van der Waals surface area (Å²) in [4.78, 5) is 26.9. The summed E-state index contributed by atoms with van der Waals surface area (Å²) < 4.78 is 0. The maximum atomic E-state index is 12.4. The molecule has 0 spiro atoms. The number of carboxylic acids is 1. The van der Waals surface area contributed by atoms with E-state index in [4.69, 9.17) is 5.11 Å². The van der Waals surface area contributed by atoms with Crippen LogP contribution in [0.3, 0.4) is 0 Å². The van der Waals surface area contributed by atoms with Crippen LogP contribution in [0.5, 0.6) is 0 Å². The maximum Gasteiger partial charge on any atom is 0.335 e. The molecule has 21 heavy (non-hydrogen) atoms. The highest BCUT2D eigenvalue weighted by Crippen LogP contribution is 2.21. The number of rotatable bonds is 4. The first-order valence-corrected chi connectivity index (χ1v) is 8.26. The van der Waals surface area contributed by atoms with Gasteiger partial charge in [0, 0.05) is 32.4 Å². The quantitative estimate of drug-likeness (QED) is 0.926. The van der Waals surface area contributed by atoms with E-state index >= 15 is 0 Å². The molecule has 1 N–H and O–H groups in total. The van der Waals surface area contributed by atoms with Crippen molar-refractivity contribution in [3.05, 3.63) is 34.9 Å². The fourth-order valence-corrected chi connectivity index (χ4v) is 2.88. The summed E-state index contributed by atoms with van der Waals surface area (Å²) in [6.07, 6.45) is 2.79. The first kappa shape index (κ1) is 15.7. The third-order valence-corrected chi connectivity index (χ3v) is 4.28. The SMILES string of the molecule is CSCCN(C)C(=O)N1CCc2ccc(C(=O)O)cc2C1. The van der Waals surface area contributed by atoms with Gasteiger partial charge >= 0.3 is 12.0 Å². The molecular weight excluding hydrogens is 288 g/mol. The fourth-order valence-electron chi connectivity index (χ4n) is 2.42. The van der Waals surface area contributed by atoms with Crippen LogP contribution in [0.4, 0.5) is 4.79 Å². The number of carbonyl (C=O) groups is 2. The van der Waals surface area contributed by atoms with Gasteiger partial charge in [-0.05, 0) is 35.9 Å². The maximum absolute atomic E-state index is 12.4. The van der Waals surface area contributed by atoms with Crippen LogP contribution < -0.4 is 0 Å². The Morgan fingerprint density at radius 2 is 2.14 bits per heavy atom. The molecule has 2 amide bonds. The second kappa shape index (κ2) is 6.85. The monoisotopic (exact) mass is 308 g/mol. The van der Waals surface area contributed by atoms with Gasteiger partial charge in [0.2, 0.25) is 0 Å². The van der Waals surface area contributed by atoms with Gasteiger partial charge in [0.1, 0.15) is 0 Å². The van der Waals surface area contributed by atoms with Gasteiger partial charge in [0.25, 0.3) is 0 Å². The van der Waals surface area contributed by atoms with E-state index in [1.54, 1.807) is 33.7 Å². The van der Waals surface area contributed by atoms with Crippen LogP contribution >= 0.6 is 11.8 Å². The molecule has 2 rings (SSSR count). The minimum atomic E-state index is -0.932. The standard InChI is InChI=1S/C15H20N2O3S/c1-16(7-8-21-2)15(20)17-6-5-11-3-4-12(14(18)19)9-13(11)10-17/h3-4,9H,5-8,10H2,1-2H3,(H,18,19). The Balaban J connectivity index is 2.09. The molecule has 0 radical (unpaired) electrons. The van der Waals surface area contributed by atoms with E-state index in [-0.39, 0.29) is 11.6 Å². The predicted octanol–water partition coefficient (Wildman–Crippen LogP) is 2.16. The van der Waals surface area contributed by atoms with Crippen LogP contribution in [0.2, 0.25) is 0 Å². The fraction of sp³-hybridized carbons (Fsp3) is 0.467. The zero-order valence-corrected chi connectivity index (χ0v) is 13.2. The first-order chi connectivity index (χ1) is 10.0. The Labute approximate surface area is 128 Å². The van der Waals surface area contributed by atoms with Crippen molar-refractivity contribution >= 4 is 23.8 Å². The molecule has 0 aromatic heterocycles. The number of nitrogens with zero attached hydrogens (tertiary/aromatic N) is 2. The Kier molecular flexibility index (Phi) is 5.12. The van der Waals surface area contributed by atoms with Crippen LogP contribution in [0, 0.1) is 0 Å². The number of aromatic carboxylic acids is 1. The van der Waals surface area contributed by atoms with E-state index < -0.39 is 5.97 Å². The van der Waals surface area contributed by atoms with Gasteiger partial charge < -0.3 is 14.9 Å². The highest BCUT2D eigenvalue weighted by Gasteiger charge is 2.23. The minimum Gasteiger partial charge on any atom is -0.478 e. The van der Waals surface area contributed by atoms with Crippen LogP contribution in [-0.2, 0) is 13.0 Å². The average molecular weight is 308 g/mol. The second-order valence-electron chi connectivity index (χ2n) is 5.16. The van der Waals surface area contributed by atoms with Gasteiger partial charge in [-0.15, -0.1) is 0 Å². The molecule has 1 aliphatic rings. The number of fused-ring (bicyclic) bond motifs is 1. The van der Waals surface area contributed by atoms with Gasteiger partial charge in [-0.1, -0.05) is 6.07 Å². The molecular formula is C15H20N2O3S. The number of carbonyl (C=O) groups excluding carboxylic acids is 1. The molecule has 1 aliphatic heterocycles. The molecule has 0 atom stereocenters. The Morgan fingerprint density at radius 3 is 2.81 bits per heavy atom. The molecule has 1 aromatic rings. The molecule has 114 valence electrons. The molecule has 0 bridgehead atoms. The number of hydrogen-bond acceptors (Lipinski definition) is 3. The first-order valence-electron chi connectivity index (χ1n) is 6.87. The largest absolute Gasteiger partial charge is 0.478 e. The van der Waals surface area contributed by atoms with E-state index in [0.29, 0.717) is 13.1 Å². The summed E-state index contributed by atoms with van der Waals surface area (Å²) in [6.45, 7) is 1.89. The van der Waals surface area contributed by atoms with Crippen LogP contribution in [0.25, 0.3) is 0 Å². The zero-order valence-electron chi connectivity index (χ0n) is 12.3. The number of carboxylic acid groups (broad SMARTS) is 1. The van der Waals surface area contributed by atoms with Gasteiger partial charge in [0.15, 0.2) is 0 Å². The van der Waals surface area contributed by atoms with Crippen molar-refractivity contribution in [2.24, 2.45) is 0 Å². The highest BCUT2D eigenvalue weighted by atomic mass is 32.2. The summed E-state index contributed by atoms with van der Waals surface area (Å²) in [5, 5.41) is 9.06. The van der Waals surface area contributed by atoms with Crippen molar-refractivity contribution < 1.29 is 14.7 Å². The van der Waals surface area contributed by atoms with E-state index in [0.717, 1.165) is 29.8 Å². The normalized spacial score (nSPS) is 13.7. The summed E-state index contributed by atoms with van der Waals surface area (Å²) >= 11 is 1.71. The van der Waals surface area contributed by atoms with Crippen molar-refractivity contribution in [3.8, 4) is 0 Å². The lowest BCUT2D eigenvalue weighted by molar-refractivity contribution is 0.0696. The van der Waals surface area contributed by atoms with Gasteiger partial charge in [-0.3, -0.25) is 0 Å². The zero-order chi connectivity index (χ0) is 15.4. The van der Waals surface area contributed by atoms with Gasteiger partial charge in [-0.25, -0.2) is 9.59 Å². The summed E-state index contributed by atoms with van der Waals surface area (Å²) in [5.74, 6) is -0.0196. The van der Waals surface area contributed by atoms with Crippen LogP contribution in [0.1, 0.15) is 21.5 Å². The number of thioether (sulfide) groups is 1. The number of amides is 2. The summed E-state index contributed by atoms with van der Waals surface area (Å²) in [7, 11) is 1.81. The molecule has 0 fully saturated rings. The van der Waals surface area contributed by atoms with Crippen LogP contribution in [0.15, 0.2) is 18.2 Å². The predicted molar refractivity (Wildman–Crippen MR) is 83.9 cm³/mol. The molecule has 0 saturated carbocycles. The van der Waals surface area contributed by atoms with Crippen molar-refractivity contribution in [2.75, 3.05) is 32.1 Å². The van der Waals surface area contributed by atoms with Crippen molar-refractivity contribution in [2.45, 2.75) is 13.0 Å². The molecule has 0 saturated heterocycles. The lowest BCUT2D eigenvalue weighted by Gasteiger charge is -2.32. The van der Waals surface area contributed by atoms with Crippen molar-refractivity contribution in [3.63, 3.8) is 0 Å².